The van der Waals surface area contributed by atoms with E-state index in [0.717, 1.165) is 0 Å². The Morgan fingerprint density at radius 1 is 1.53 bits per heavy atom. The zero-order chi connectivity index (χ0) is 13.0. The third-order valence-corrected chi connectivity index (χ3v) is 2.94. The maximum atomic E-state index is 10.9. The Morgan fingerprint density at radius 3 is 2.65 bits per heavy atom. The van der Waals surface area contributed by atoms with Crippen molar-refractivity contribution >= 4 is 27.7 Å². The lowest BCUT2D eigenvalue weighted by Crippen LogP contribution is -2.21. The molecule has 0 spiro atoms. The van der Waals surface area contributed by atoms with Crippen LogP contribution in [0, 0.1) is 6.92 Å². The van der Waals surface area contributed by atoms with Crippen LogP contribution in [0.2, 0.25) is 0 Å². The minimum absolute atomic E-state index is 0.203. The van der Waals surface area contributed by atoms with Gasteiger partial charge in [0.1, 0.15) is 11.9 Å². The third kappa shape index (κ3) is 3.76. The topological polar surface area (TPSA) is 82.5 Å². The fourth-order valence-corrected chi connectivity index (χ4v) is 1.78. The number of halogens is 1. The molecular weight excluding hydrogens is 288 g/mol. The van der Waals surface area contributed by atoms with Crippen LogP contribution in [0.1, 0.15) is 24.3 Å². The van der Waals surface area contributed by atoms with Gasteiger partial charge in [-0.05, 0) is 13.0 Å². The van der Waals surface area contributed by atoms with Crippen LogP contribution in [0.4, 0.5) is 5.82 Å². The van der Waals surface area contributed by atoms with Crippen molar-refractivity contribution in [3.63, 3.8) is 0 Å². The maximum Gasteiger partial charge on any atom is 0.222 e. The van der Waals surface area contributed by atoms with E-state index in [0.29, 0.717) is 17.1 Å². The molecule has 94 valence electrons. The molecule has 2 unspecified atom stereocenters. The number of carbonyl (C=O) groups excluding carboxylic acids is 1. The molecule has 17 heavy (non-hydrogen) atoms. The van der Waals surface area contributed by atoms with E-state index in [1.165, 1.54) is 6.92 Å². The van der Waals surface area contributed by atoms with Crippen molar-refractivity contribution in [2.45, 2.75) is 26.1 Å². The number of nitrogens with one attached hydrogen (secondary N) is 1. The van der Waals surface area contributed by atoms with Crippen LogP contribution in [-0.2, 0) is 4.79 Å². The number of alkyl halides is 1. The first-order valence-corrected chi connectivity index (χ1v) is 6.25. The summed E-state index contributed by atoms with van der Waals surface area (Å²) in [5.74, 6) is 0.227. The molecule has 3 N–H and O–H groups in total. The molecule has 0 aliphatic rings. The summed E-state index contributed by atoms with van der Waals surface area (Å²) in [7, 11) is 0. The molecule has 0 aromatic carbocycles. The fraction of sp³-hybridized carbons (Fsp3) is 0.455. The molecule has 0 saturated heterocycles. The van der Waals surface area contributed by atoms with Crippen molar-refractivity contribution in [1.29, 1.82) is 0 Å². The van der Waals surface area contributed by atoms with Crippen LogP contribution in [-0.4, -0.2) is 32.5 Å². The van der Waals surface area contributed by atoms with Crippen molar-refractivity contribution in [2.24, 2.45) is 0 Å². The first-order valence-electron chi connectivity index (χ1n) is 5.13. The molecule has 5 nitrogen and oxygen atoms in total. The normalized spacial score (nSPS) is 14.2. The van der Waals surface area contributed by atoms with E-state index in [1.807, 2.05) is 0 Å². The number of aliphatic hydroxyl groups excluding tert-OH is 2. The second kappa shape index (κ2) is 6.09. The molecule has 2 atom stereocenters. The van der Waals surface area contributed by atoms with Crippen LogP contribution >= 0.6 is 15.9 Å². The summed E-state index contributed by atoms with van der Waals surface area (Å²) in [6.07, 6.45) is -1.88. The van der Waals surface area contributed by atoms with Gasteiger partial charge in [0.2, 0.25) is 5.91 Å². The first kappa shape index (κ1) is 14.1. The van der Waals surface area contributed by atoms with E-state index in [-0.39, 0.29) is 11.2 Å². The van der Waals surface area contributed by atoms with E-state index in [2.05, 4.69) is 26.2 Å². The van der Waals surface area contributed by atoms with Crippen LogP contribution < -0.4 is 5.32 Å². The molecule has 1 rings (SSSR count). The van der Waals surface area contributed by atoms with E-state index in [1.54, 1.807) is 19.1 Å². The van der Waals surface area contributed by atoms with Gasteiger partial charge in [-0.25, -0.2) is 4.98 Å². The molecule has 0 fully saturated rings. The van der Waals surface area contributed by atoms with E-state index in [4.69, 9.17) is 0 Å². The molecular formula is C11H15BrN2O3. The predicted octanol–water partition coefficient (Wildman–Crippen LogP) is 1.14. The summed E-state index contributed by atoms with van der Waals surface area (Å²) in [6, 6.07) is 3.23. The van der Waals surface area contributed by atoms with Gasteiger partial charge >= 0.3 is 0 Å². The Morgan fingerprint density at radius 2 is 2.18 bits per heavy atom. The van der Waals surface area contributed by atoms with Crippen molar-refractivity contribution < 1.29 is 15.0 Å². The van der Waals surface area contributed by atoms with Gasteiger partial charge in [-0.3, -0.25) is 4.79 Å². The predicted molar refractivity (Wildman–Crippen MR) is 68.0 cm³/mol. The second-order valence-electron chi connectivity index (χ2n) is 3.72. The Kier molecular flexibility index (Phi) is 5.04. The molecule has 0 aliphatic carbocycles. The van der Waals surface area contributed by atoms with Crippen LogP contribution in [0.5, 0.6) is 0 Å². The molecule has 1 aromatic rings. The summed E-state index contributed by atoms with van der Waals surface area (Å²) in [4.78, 5) is 15.0. The third-order valence-electron chi connectivity index (χ3n) is 2.27. The van der Waals surface area contributed by atoms with Gasteiger partial charge in [0.25, 0.3) is 0 Å². The average molecular weight is 303 g/mol. The minimum atomic E-state index is -0.992. The van der Waals surface area contributed by atoms with Gasteiger partial charge in [0.05, 0.1) is 6.10 Å². The molecule has 0 bridgehead atoms. The van der Waals surface area contributed by atoms with Crippen LogP contribution in [0.25, 0.3) is 0 Å². The standard InChI is InChI=1S/C11H15BrN2O3/c1-6-8(11(17)9(16)5-12)3-4-10(13-6)14-7(2)15/h3-4,9,11,16-17H,5H2,1-2H3,(H,13,14,15). The van der Waals surface area contributed by atoms with Gasteiger partial charge in [-0.1, -0.05) is 22.0 Å². The number of aliphatic hydroxyl groups is 2. The molecule has 1 heterocycles. The minimum Gasteiger partial charge on any atom is -0.389 e. The molecule has 6 heteroatoms. The number of anilines is 1. The van der Waals surface area contributed by atoms with Crippen molar-refractivity contribution in [2.75, 3.05) is 10.6 Å². The van der Waals surface area contributed by atoms with Gasteiger partial charge in [-0.2, -0.15) is 0 Å². The highest BCUT2D eigenvalue weighted by Crippen LogP contribution is 2.22. The Hall–Kier alpha value is -0.980. The van der Waals surface area contributed by atoms with Crippen LogP contribution in [0.3, 0.4) is 0 Å². The lowest BCUT2D eigenvalue weighted by molar-refractivity contribution is -0.114. The molecule has 1 aromatic heterocycles. The average Bonchev–Trinajstić information content (AvgIpc) is 2.26. The largest absolute Gasteiger partial charge is 0.389 e. The number of hydrogen-bond acceptors (Lipinski definition) is 4. The number of nitrogens with zero attached hydrogens (tertiary/aromatic N) is 1. The van der Waals surface area contributed by atoms with Gasteiger partial charge in [-0.15, -0.1) is 0 Å². The van der Waals surface area contributed by atoms with E-state index >= 15 is 0 Å². The van der Waals surface area contributed by atoms with Crippen LogP contribution in [0.15, 0.2) is 12.1 Å². The Bertz CT molecular complexity index is 412. The Balaban J connectivity index is 2.93. The summed E-state index contributed by atoms with van der Waals surface area (Å²) in [5.41, 5.74) is 1.12. The highest BCUT2D eigenvalue weighted by atomic mass is 79.9. The summed E-state index contributed by atoms with van der Waals surface area (Å²) >= 11 is 3.10. The smallest absolute Gasteiger partial charge is 0.222 e. The van der Waals surface area contributed by atoms with Gasteiger partial charge in [0.15, 0.2) is 0 Å². The maximum absolute atomic E-state index is 10.9. The molecule has 0 saturated carbocycles. The Labute approximate surface area is 108 Å². The number of aromatic nitrogens is 1. The number of rotatable bonds is 4. The summed E-state index contributed by atoms with van der Waals surface area (Å²) in [6.45, 7) is 3.11. The lowest BCUT2D eigenvalue weighted by Gasteiger charge is -2.18. The van der Waals surface area contributed by atoms with Crippen molar-refractivity contribution in [3.05, 3.63) is 23.4 Å². The highest BCUT2D eigenvalue weighted by Gasteiger charge is 2.19. The number of hydrogen-bond donors (Lipinski definition) is 3. The monoisotopic (exact) mass is 302 g/mol. The summed E-state index contributed by atoms with van der Waals surface area (Å²) < 4.78 is 0. The first-order chi connectivity index (χ1) is 7.95. The number of carbonyl (C=O) groups is 1. The summed E-state index contributed by atoms with van der Waals surface area (Å²) in [5, 5.41) is 22.2. The van der Waals surface area contributed by atoms with E-state index < -0.39 is 12.2 Å². The second-order valence-corrected chi connectivity index (χ2v) is 4.37. The van der Waals surface area contributed by atoms with E-state index in [9.17, 15) is 15.0 Å². The molecule has 0 radical (unpaired) electrons. The highest BCUT2D eigenvalue weighted by molar-refractivity contribution is 9.09. The zero-order valence-corrected chi connectivity index (χ0v) is 11.2. The van der Waals surface area contributed by atoms with Gasteiger partial charge < -0.3 is 15.5 Å². The molecule has 1 amide bonds. The van der Waals surface area contributed by atoms with Gasteiger partial charge in [0, 0.05) is 23.5 Å². The van der Waals surface area contributed by atoms with Crippen molar-refractivity contribution in [3.8, 4) is 0 Å². The lowest BCUT2D eigenvalue weighted by atomic mass is 10.0. The SMILES string of the molecule is CC(=O)Nc1ccc(C(O)C(O)CBr)c(C)n1. The quantitative estimate of drug-likeness (QED) is 0.728. The zero-order valence-electron chi connectivity index (χ0n) is 9.64. The molecule has 0 aliphatic heterocycles. The fourth-order valence-electron chi connectivity index (χ4n) is 1.43. The number of aryl methyl sites for hydroxylation is 1. The van der Waals surface area contributed by atoms with Crippen molar-refractivity contribution in [1.82, 2.24) is 4.98 Å². The number of amides is 1. The number of pyridine rings is 1.